The maximum absolute atomic E-state index is 9.18. The summed E-state index contributed by atoms with van der Waals surface area (Å²) in [6.07, 6.45) is 9.99. The van der Waals surface area contributed by atoms with E-state index in [1.807, 2.05) is 120 Å². The van der Waals surface area contributed by atoms with Crippen molar-refractivity contribution in [2.75, 3.05) is 0 Å². The Morgan fingerprint density at radius 1 is 0.420 bits per heavy atom. The third-order valence-corrected chi connectivity index (χ3v) is 11.9. The van der Waals surface area contributed by atoms with Gasteiger partial charge in [-0.3, -0.25) is 0 Å². The van der Waals surface area contributed by atoms with Gasteiger partial charge in [0.25, 0.3) is 0 Å². The Morgan fingerprint density at radius 3 is 1.14 bits per heavy atom. The van der Waals surface area contributed by atoms with Gasteiger partial charge in [0, 0.05) is 81.7 Å². The molecule has 0 spiro atoms. The molecule has 4 aromatic heterocycles. The minimum absolute atomic E-state index is 0.482. The monoisotopic (exact) mass is 894 g/mol. The number of nitrogens with zero attached hydrogens (tertiary/aromatic N) is 14. The topological polar surface area (TPSA) is 234 Å². The molecule has 2 aliphatic heterocycles. The highest BCUT2D eigenvalue weighted by Gasteiger charge is 2.19. The molecule has 2 aliphatic rings. The molecule has 5 aromatic carbocycles. The maximum Gasteiger partial charge on any atom is 0.113 e. The minimum atomic E-state index is 0.482. The summed E-state index contributed by atoms with van der Waals surface area (Å²) in [6, 6.07) is 48.7. The van der Waals surface area contributed by atoms with Gasteiger partial charge in [0.2, 0.25) is 0 Å². The molecule has 0 radical (unpaired) electrons. The quantitative estimate of drug-likeness (QED) is 0.0774. The van der Waals surface area contributed by atoms with Crippen molar-refractivity contribution in [3.05, 3.63) is 218 Å². The molecular weight excluding hydrogens is 861 g/mol. The minimum Gasteiger partial charge on any atom is -0.354 e. The van der Waals surface area contributed by atoms with Crippen molar-refractivity contribution in [2.45, 2.75) is 6.54 Å². The number of fused-ring (bicyclic) bond motifs is 8. The third kappa shape index (κ3) is 8.23. The molecule has 0 unspecified atom stereocenters. The molecule has 0 saturated heterocycles. The summed E-state index contributed by atoms with van der Waals surface area (Å²) in [5.74, 6) is 0. The van der Waals surface area contributed by atoms with Gasteiger partial charge in [-0.2, -0.15) is 0 Å². The van der Waals surface area contributed by atoms with Crippen LogP contribution < -0.4 is 0 Å². The molecule has 0 atom stereocenters. The van der Waals surface area contributed by atoms with E-state index in [0.717, 1.165) is 89.1 Å². The molecule has 9 aromatic rings. The van der Waals surface area contributed by atoms with Gasteiger partial charge in [-0.25, -0.2) is 14.6 Å². The van der Waals surface area contributed by atoms with E-state index in [0.29, 0.717) is 40.7 Å². The van der Waals surface area contributed by atoms with E-state index in [1.54, 1.807) is 36.4 Å². The number of hydrogen-bond donors (Lipinski definition) is 2. The molecule has 0 aliphatic carbocycles. The molecule has 16 heteroatoms. The predicted molar refractivity (Wildman–Crippen MR) is 272 cm³/mol. The van der Waals surface area contributed by atoms with Crippen LogP contribution in [-0.2, 0) is 6.54 Å². The van der Waals surface area contributed by atoms with Crippen molar-refractivity contribution in [1.82, 2.24) is 34.9 Å². The molecule has 8 bridgehead atoms. The zero-order valence-corrected chi connectivity index (χ0v) is 36.3. The van der Waals surface area contributed by atoms with E-state index in [1.165, 1.54) is 0 Å². The van der Waals surface area contributed by atoms with Crippen LogP contribution in [0.3, 0.4) is 0 Å². The van der Waals surface area contributed by atoms with Gasteiger partial charge < -0.3 is 9.97 Å². The number of aromatic nitrogens is 7. The average molecular weight is 895 g/mol. The number of azide groups is 3. The molecule has 0 saturated carbocycles. The van der Waals surface area contributed by atoms with Gasteiger partial charge in [0.05, 0.1) is 35.5 Å². The number of nitrogens with one attached hydrogen (secondary N) is 2. The van der Waals surface area contributed by atoms with Crippen molar-refractivity contribution < 1.29 is 0 Å². The number of benzene rings is 5. The zero-order valence-electron chi connectivity index (χ0n) is 36.3. The standard InChI is InChI=1S/C53H34N16/c54-65-61-38-16-10-35(11-17-38)51-43-24-22-41(57-43)50(34-8-6-32(7-9-34)30-69-31-49(64-68-69)33-4-2-1-3-5-33)42-23-25-44(58-42)52(36-12-18-39(19-13-36)62-66-55)46-27-29-48(60-46)53(47-28-26-45(51)59-47)37-14-20-40(21-15-37)63-67-56/h1-29,31,57,60H,30H2. The largest absolute Gasteiger partial charge is 0.354 e. The van der Waals surface area contributed by atoms with Crippen molar-refractivity contribution in [3.8, 4) is 55.8 Å². The van der Waals surface area contributed by atoms with Crippen molar-refractivity contribution >= 4 is 63.4 Å². The molecule has 11 rings (SSSR count). The lowest BCUT2D eigenvalue weighted by Gasteiger charge is -2.08. The van der Waals surface area contributed by atoms with Gasteiger partial charge in [0.15, 0.2) is 0 Å². The fourth-order valence-electron chi connectivity index (χ4n) is 8.74. The Labute approximate surface area is 392 Å². The lowest BCUT2D eigenvalue weighted by Crippen LogP contribution is -2.00. The van der Waals surface area contributed by atoms with Gasteiger partial charge in [-0.1, -0.05) is 148 Å². The van der Waals surface area contributed by atoms with Crippen molar-refractivity contribution in [1.29, 1.82) is 0 Å². The van der Waals surface area contributed by atoms with E-state index >= 15 is 0 Å². The predicted octanol–water partition coefficient (Wildman–Crippen LogP) is 15.5. The summed E-state index contributed by atoms with van der Waals surface area (Å²) < 4.78 is 1.84. The first kappa shape index (κ1) is 41.5. The highest BCUT2D eigenvalue weighted by Crippen LogP contribution is 2.39. The molecule has 2 N–H and O–H groups in total. The SMILES string of the molecule is [N-]=[N+]=Nc1ccc(-c2c3nc(c(-c4ccc(N=[N+]=[N-])cc4)c4ccc([nH]4)c(-c4ccc(N=[N+]=[N-])cc4)c4nc(c(-c5ccc(Cn6cc(-c7ccccc7)nn6)cc5)c5ccc2[nH]5)C=C4)C=C3)cc1. The van der Waals surface area contributed by atoms with Crippen molar-refractivity contribution in [2.24, 2.45) is 15.3 Å². The lowest BCUT2D eigenvalue weighted by molar-refractivity contribution is 0.650. The summed E-state index contributed by atoms with van der Waals surface area (Å²) >= 11 is 0. The second-order valence-corrected chi connectivity index (χ2v) is 16.1. The van der Waals surface area contributed by atoms with Crippen molar-refractivity contribution in [3.63, 3.8) is 0 Å². The molecular formula is C53H34N16. The van der Waals surface area contributed by atoms with Gasteiger partial charge in [-0.15, -0.1) is 5.10 Å². The first-order valence-electron chi connectivity index (χ1n) is 21.7. The normalized spacial score (nSPS) is 11.4. The van der Waals surface area contributed by atoms with E-state index in [4.69, 9.17) is 15.5 Å². The summed E-state index contributed by atoms with van der Waals surface area (Å²) in [6.45, 7) is 0.529. The fraction of sp³-hybridized carbons (Fsp3) is 0.0189. The Morgan fingerprint density at radius 2 is 0.783 bits per heavy atom. The molecule has 326 valence electrons. The van der Waals surface area contributed by atoms with E-state index in [-0.39, 0.29) is 0 Å². The Kier molecular flexibility index (Phi) is 10.8. The van der Waals surface area contributed by atoms with E-state index < -0.39 is 0 Å². The fourth-order valence-corrected chi connectivity index (χ4v) is 8.74. The van der Waals surface area contributed by atoms with Crippen LogP contribution >= 0.6 is 0 Å². The van der Waals surface area contributed by atoms with Crippen LogP contribution in [0, 0.1) is 0 Å². The van der Waals surface area contributed by atoms with Crippen LogP contribution in [0.5, 0.6) is 0 Å². The van der Waals surface area contributed by atoms with Crippen LogP contribution in [0.4, 0.5) is 17.1 Å². The molecule has 69 heavy (non-hydrogen) atoms. The smallest absolute Gasteiger partial charge is 0.113 e. The summed E-state index contributed by atoms with van der Waals surface area (Å²) in [7, 11) is 0. The maximum atomic E-state index is 9.18. The first-order valence-corrected chi connectivity index (χ1v) is 21.7. The Balaban J connectivity index is 1.17. The summed E-state index contributed by atoms with van der Waals surface area (Å²) in [4.78, 5) is 27.2. The number of rotatable bonds is 10. The number of aromatic amines is 2. The highest BCUT2D eigenvalue weighted by molar-refractivity contribution is 6.00. The van der Waals surface area contributed by atoms with Gasteiger partial charge in [0.1, 0.15) is 5.69 Å². The van der Waals surface area contributed by atoms with E-state index in [9.17, 15) is 11.1 Å². The van der Waals surface area contributed by atoms with Crippen LogP contribution in [0.25, 0.3) is 133 Å². The second-order valence-electron chi connectivity index (χ2n) is 16.1. The lowest BCUT2D eigenvalue weighted by atomic mass is 10.0. The second kappa shape index (κ2) is 18.0. The molecule has 6 heterocycles. The molecule has 16 nitrogen and oxygen atoms in total. The molecule has 0 fully saturated rings. The van der Waals surface area contributed by atoms with Crippen LogP contribution in [0.1, 0.15) is 28.3 Å². The first-order chi connectivity index (χ1) is 34.0. The highest BCUT2D eigenvalue weighted by atomic mass is 15.4. The summed E-state index contributed by atoms with van der Waals surface area (Å²) in [5.41, 5.74) is 44.7. The van der Waals surface area contributed by atoms with Gasteiger partial charge in [-0.05, 0) is 93.0 Å². The van der Waals surface area contributed by atoms with Gasteiger partial charge >= 0.3 is 0 Å². The van der Waals surface area contributed by atoms with Crippen LogP contribution in [0.15, 0.2) is 173 Å². The number of hydrogen-bond acceptors (Lipinski definition) is 7. The Hall–Kier alpha value is -10.2. The summed E-state index contributed by atoms with van der Waals surface area (Å²) in [5, 5.41) is 20.3. The van der Waals surface area contributed by atoms with E-state index in [2.05, 4.69) is 80.7 Å². The third-order valence-electron chi connectivity index (χ3n) is 11.9. The molecule has 0 amide bonds. The Bertz CT molecular complexity index is 3780. The number of H-pyrrole nitrogens is 2. The van der Waals surface area contributed by atoms with Crippen LogP contribution in [-0.4, -0.2) is 34.9 Å². The van der Waals surface area contributed by atoms with Crippen LogP contribution in [0.2, 0.25) is 0 Å². The average Bonchev–Trinajstić information content (AvgIpc) is 4.26. The zero-order chi connectivity index (χ0) is 46.7.